The van der Waals surface area contributed by atoms with E-state index in [0.717, 1.165) is 34.8 Å². The predicted molar refractivity (Wildman–Crippen MR) is 101 cm³/mol. The molecule has 0 atom stereocenters. The van der Waals surface area contributed by atoms with Gasteiger partial charge in [-0.05, 0) is 43.5 Å². The van der Waals surface area contributed by atoms with Crippen LogP contribution in [0.15, 0.2) is 36.7 Å². The Kier molecular flexibility index (Phi) is 4.58. The van der Waals surface area contributed by atoms with Crippen LogP contribution in [0.2, 0.25) is 0 Å². The Morgan fingerprint density at radius 3 is 2.50 bits per heavy atom. The van der Waals surface area contributed by atoms with Gasteiger partial charge in [-0.15, -0.1) is 0 Å². The molecular weight excluding hydrogens is 364 g/mol. The molecule has 6 nitrogen and oxygen atoms in total. The molecule has 8 heteroatoms. The third kappa shape index (κ3) is 3.35. The van der Waals surface area contributed by atoms with Gasteiger partial charge in [-0.25, -0.2) is 8.78 Å². The maximum Gasteiger partial charge on any atom is 0.159 e. The smallest absolute Gasteiger partial charge is 0.159 e. The lowest BCUT2D eigenvalue weighted by atomic mass is 9.84. The number of hydrogen-bond donors (Lipinski definition) is 1. The lowest BCUT2D eigenvalue weighted by Crippen LogP contribution is -2.42. The molecule has 1 fully saturated rings. The van der Waals surface area contributed by atoms with Crippen molar-refractivity contribution in [2.75, 3.05) is 18.0 Å². The highest BCUT2D eigenvalue weighted by molar-refractivity contribution is 5.65. The third-order valence-corrected chi connectivity index (χ3v) is 5.34. The van der Waals surface area contributed by atoms with Gasteiger partial charge in [-0.3, -0.25) is 4.68 Å². The number of nitrogens with zero attached hydrogens (tertiary/aromatic N) is 5. The van der Waals surface area contributed by atoms with E-state index in [1.807, 2.05) is 26.2 Å². The van der Waals surface area contributed by atoms with E-state index in [9.17, 15) is 13.9 Å². The Balaban J connectivity index is 1.53. The minimum absolute atomic E-state index is 0.404. The standard InChI is InChI=1S/C20H21F2N5O/c1-13-16(12-26(2)25-13)19-10-15(11-23-24-19)27-7-5-20(28,6-8-27)14-3-4-17(21)18(22)9-14/h3-4,9-12,28H,5-8H2,1-2H3. The molecule has 146 valence electrons. The van der Waals surface area contributed by atoms with Crippen LogP contribution in [0.1, 0.15) is 24.1 Å². The molecule has 1 aliphatic rings. The molecule has 1 aliphatic heterocycles. The Labute approximate surface area is 161 Å². The zero-order valence-electron chi connectivity index (χ0n) is 15.7. The molecule has 1 N–H and O–H groups in total. The van der Waals surface area contributed by atoms with Gasteiger partial charge in [0, 0.05) is 31.9 Å². The summed E-state index contributed by atoms with van der Waals surface area (Å²) in [6, 6.07) is 5.55. The first-order valence-corrected chi connectivity index (χ1v) is 9.12. The van der Waals surface area contributed by atoms with E-state index in [1.54, 1.807) is 10.9 Å². The summed E-state index contributed by atoms with van der Waals surface area (Å²) >= 11 is 0. The minimum atomic E-state index is -1.17. The van der Waals surface area contributed by atoms with Crippen molar-refractivity contribution >= 4 is 5.69 Å². The molecule has 1 saturated heterocycles. The average Bonchev–Trinajstić information content (AvgIpc) is 3.03. The summed E-state index contributed by atoms with van der Waals surface area (Å²) in [5.41, 5.74) is 2.68. The molecule has 28 heavy (non-hydrogen) atoms. The number of aryl methyl sites for hydroxylation is 2. The maximum atomic E-state index is 13.6. The van der Waals surface area contributed by atoms with Crippen LogP contribution in [0.4, 0.5) is 14.5 Å². The van der Waals surface area contributed by atoms with Crippen LogP contribution in [0.3, 0.4) is 0 Å². The molecule has 0 spiro atoms. The fourth-order valence-electron chi connectivity index (χ4n) is 3.72. The van der Waals surface area contributed by atoms with Gasteiger partial charge in [0.15, 0.2) is 11.6 Å². The minimum Gasteiger partial charge on any atom is -0.385 e. The summed E-state index contributed by atoms with van der Waals surface area (Å²) in [6.45, 7) is 3.05. The number of piperidine rings is 1. The topological polar surface area (TPSA) is 67.1 Å². The second-order valence-electron chi connectivity index (χ2n) is 7.25. The van der Waals surface area contributed by atoms with E-state index in [1.165, 1.54) is 6.07 Å². The third-order valence-electron chi connectivity index (χ3n) is 5.34. The lowest BCUT2D eigenvalue weighted by molar-refractivity contribution is 0.0114. The van der Waals surface area contributed by atoms with Gasteiger partial charge >= 0.3 is 0 Å². The Morgan fingerprint density at radius 2 is 1.86 bits per heavy atom. The molecule has 0 amide bonds. The normalized spacial score (nSPS) is 16.4. The molecule has 4 rings (SSSR count). The van der Waals surface area contributed by atoms with Crippen LogP contribution in [0.25, 0.3) is 11.3 Å². The van der Waals surface area contributed by atoms with Crippen molar-refractivity contribution in [3.63, 3.8) is 0 Å². The van der Waals surface area contributed by atoms with Gasteiger partial charge in [0.1, 0.15) is 0 Å². The van der Waals surface area contributed by atoms with Gasteiger partial charge in [-0.1, -0.05) is 6.07 Å². The maximum absolute atomic E-state index is 13.6. The number of hydrogen-bond acceptors (Lipinski definition) is 5. The number of anilines is 1. The van der Waals surface area contributed by atoms with Crippen LogP contribution >= 0.6 is 0 Å². The zero-order chi connectivity index (χ0) is 19.9. The Hall–Kier alpha value is -2.87. The summed E-state index contributed by atoms with van der Waals surface area (Å²) in [5, 5.41) is 23.6. The summed E-state index contributed by atoms with van der Waals surface area (Å²) in [6.07, 6.45) is 4.40. The second kappa shape index (κ2) is 6.94. The fourth-order valence-corrected chi connectivity index (χ4v) is 3.72. The van der Waals surface area contributed by atoms with E-state index in [0.29, 0.717) is 31.5 Å². The number of aromatic nitrogens is 4. The highest BCUT2D eigenvalue weighted by atomic mass is 19.2. The molecular formula is C20H21F2N5O. The first kappa shape index (κ1) is 18.5. The molecule has 2 aromatic heterocycles. The van der Waals surface area contributed by atoms with Crippen molar-refractivity contribution in [1.29, 1.82) is 0 Å². The molecule has 0 radical (unpaired) electrons. The summed E-state index contributed by atoms with van der Waals surface area (Å²) in [7, 11) is 1.86. The predicted octanol–water partition coefficient (Wildman–Crippen LogP) is 2.95. The first-order chi connectivity index (χ1) is 13.4. The van der Waals surface area contributed by atoms with Gasteiger partial charge < -0.3 is 10.0 Å². The molecule has 3 aromatic rings. The number of rotatable bonds is 3. The molecule has 0 bridgehead atoms. The molecule has 3 heterocycles. The van der Waals surface area contributed by atoms with Crippen molar-refractivity contribution in [2.24, 2.45) is 7.05 Å². The monoisotopic (exact) mass is 385 g/mol. The van der Waals surface area contributed by atoms with Crippen LogP contribution in [-0.2, 0) is 12.6 Å². The summed E-state index contributed by atoms with van der Waals surface area (Å²) in [4.78, 5) is 2.11. The fraction of sp³-hybridized carbons (Fsp3) is 0.350. The number of aliphatic hydroxyl groups is 1. The van der Waals surface area contributed by atoms with Crippen LogP contribution in [-0.4, -0.2) is 38.2 Å². The molecule has 0 saturated carbocycles. The SMILES string of the molecule is Cc1nn(C)cc1-c1cc(N2CCC(O)(c3ccc(F)c(F)c3)CC2)cnn1. The van der Waals surface area contributed by atoms with E-state index < -0.39 is 17.2 Å². The van der Waals surface area contributed by atoms with Crippen LogP contribution < -0.4 is 4.90 Å². The lowest BCUT2D eigenvalue weighted by Gasteiger charge is -2.39. The second-order valence-corrected chi connectivity index (χ2v) is 7.25. The average molecular weight is 385 g/mol. The Bertz CT molecular complexity index is 1010. The quantitative estimate of drug-likeness (QED) is 0.751. The number of benzene rings is 1. The van der Waals surface area contributed by atoms with Gasteiger partial charge in [0.25, 0.3) is 0 Å². The number of halogens is 2. The summed E-state index contributed by atoms with van der Waals surface area (Å²) in [5.74, 6) is -1.85. The van der Waals surface area contributed by atoms with Crippen LogP contribution in [0, 0.1) is 18.6 Å². The Morgan fingerprint density at radius 1 is 1.11 bits per heavy atom. The van der Waals surface area contributed by atoms with E-state index in [4.69, 9.17) is 0 Å². The van der Waals surface area contributed by atoms with Gasteiger partial charge in [0.2, 0.25) is 0 Å². The van der Waals surface area contributed by atoms with Crippen LogP contribution in [0.5, 0.6) is 0 Å². The van der Waals surface area contributed by atoms with Crippen molar-refractivity contribution < 1.29 is 13.9 Å². The molecule has 0 unspecified atom stereocenters. The summed E-state index contributed by atoms with van der Waals surface area (Å²) < 4.78 is 28.5. The molecule has 1 aromatic carbocycles. The molecule has 0 aliphatic carbocycles. The van der Waals surface area contributed by atoms with Gasteiger partial charge in [-0.2, -0.15) is 15.3 Å². The largest absolute Gasteiger partial charge is 0.385 e. The van der Waals surface area contributed by atoms with E-state index >= 15 is 0 Å². The van der Waals surface area contributed by atoms with Crippen molar-refractivity contribution in [3.8, 4) is 11.3 Å². The van der Waals surface area contributed by atoms with E-state index in [-0.39, 0.29) is 0 Å². The van der Waals surface area contributed by atoms with Crippen molar-refractivity contribution in [2.45, 2.75) is 25.4 Å². The van der Waals surface area contributed by atoms with Crippen molar-refractivity contribution in [3.05, 3.63) is 59.6 Å². The van der Waals surface area contributed by atoms with Crippen molar-refractivity contribution in [1.82, 2.24) is 20.0 Å². The highest BCUT2D eigenvalue weighted by Gasteiger charge is 2.35. The first-order valence-electron chi connectivity index (χ1n) is 9.12. The van der Waals surface area contributed by atoms with E-state index in [2.05, 4.69) is 20.2 Å². The highest BCUT2D eigenvalue weighted by Crippen LogP contribution is 2.35. The van der Waals surface area contributed by atoms with Gasteiger partial charge in [0.05, 0.1) is 28.9 Å². The zero-order valence-corrected chi connectivity index (χ0v) is 15.7.